The van der Waals surface area contributed by atoms with Crippen molar-refractivity contribution in [2.45, 2.75) is 32.2 Å². The normalized spacial score (nSPS) is 11.3. The third-order valence-electron chi connectivity index (χ3n) is 3.42. The number of nitrogens with one attached hydrogen (secondary N) is 1. The fourth-order valence-corrected chi connectivity index (χ4v) is 2.81. The zero-order valence-corrected chi connectivity index (χ0v) is 14.7. The Morgan fingerprint density at radius 1 is 1.04 bits per heavy atom. The van der Waals surface area contributed by atoms with Gasteiger partial charge in [0.1, 0.15) is 6.61 Å². The van der Waals surface area contributed by atoms with E-state index >= 15 is 0 Å². The Morgan fingerprint density at radius 3 is 2.35 bits per heavy atom. The Kier molecular flexibility index (Phi) is 7.35. The van der Waals surface area contributed by atoms with E-state index in [1.165, 1.54) is 11.3 Å². The number of alkyl halides is 3. The van der Waals surface area contributed by atoms with Crippen molar-refractivity contribution in [1.29, 1.82) is 0 Å². The molecule has 26 heavy (non-hydrogen) atoms. The number of hydrogen-bond donors (Lipinski definition) is 1. The van der Waals surface area contributed by atoms with Gasteiger partial charge in [-0.3, -0.25) is 9.59 Å². The Hall–Kier alpha value is -2.19. The summed E-state index contributed by atoms with van der Waals surface area (Å²) < 4.78 is 40.6. The van der Waals surface area contributed by atoms with Crippen molar-refractivity contribution in [1.82, 2.24) is 5.32 Å². The zero-order valence-electron chi connectivity index (χ0n) is 13.8. The Bertz CT molecular complexity index is 712. The van der Waals surface area contributed by atoms with E-state index in [-0.39, 0.29) is 37.7 Å². The van der Waals surface area contributed by atoms with Crippen LogP contribution in [0.4, 0.5) is 13.2 Å². The molecule has 1 N–H and O–H groups in total. The van der Waals surface area contributed by atoms with Crippen molar-refractivity contribution < 1.29 is 27.5 Å². The lowest BCUT2D eigenvalue weighted by atomic mass is 10.1. The lowest BCUT2D eigenvalue weighted by Gasteiger charge is -2.09. The molecule has 0 aliphatic rings. The van der Waals surface area contributed by atoms with Crippen molar-refractivity contribution >= 4 is 23.0 Å². The van der Waals surface area contributed by atoms with E-state index in [1.54, 1.807) is 36.4 Å². The number of ketones is 1. The van der Waals surface area contributed by atoms with Crippen molar-refractivity contribution in [3.63, 3.8) is 0 Å². The Balaban J connectivity index is 1.68. The maximum atomic E-state index is 12.0. The Morgan fingerprint density at radius 2 is 1.73 bits per heavy atom. The van der Waals surface area contributed by atoms with Gasteiger partial charge in [-0.05, 0) is 22.6 Å². The molecule has 140 valence electrons. The number of Topliss-reactive ketones (excluding diaryl/α,β-unsaturated/α-hetero) is 1. The van der Waals surface area contributed by atoms with Gasteiger partial charge in [0.15, 0.2) is 5.78 Å². The van der Waals surface area contributed by atoms with Gasteiger partial charge in [-0.2, -0.15) is 13.2 Å². The largest absolute Gasteiger partial charge is 0.411 e. The highest BCUT2D eigenvalue weighted by Gasteiger charge is 2.27. The number of carbonyl (C=O) groups excluding carboxylic acids is 2. The number of benzene rings is 1. The molecule has 0 aliphatic carbocycles. The summed E-state index contributed by atoms with van der Waals surface area (Å²) in [4.78, 5) is 24.3. The predicted octanol–water partition coefficient (Wildman–Crippen LogP) is 4.11. The predicted molar refractivity (Wildman–Crippen MR) is 91.9 cm³/mol. The number of rotatable bonds is 9. The summed E-state index contributed by atoms with van der Waals surface area (Å²) in [5.41, 5.74) is 1.42. The van der Waals surface area contributed by atoms with E-state index in [9.17, 15) is 22.8 Å². The van der Waals surface area contributed by atoms with Gasteiger partial charge < -0.3 is 10.1 Å². The fraction of sp³-hybridized carbons (Fsp3) is 0.333. The molecular formula is C18H18F3NO3S. The summed E-state index contributed by atoms with van der Waals surface area (Å²) in [6.07, 6.45) is -4.07. The maximum Gasteiger partial charge on any atom is 0.411 e. The van der Waals surface area contributed by atoms with Crippen LogP contribution in [0.2, 0.25) is 0 Å². The molecule has 4 nitrogen and oxygen atoms in total. The third-order valence-corrected chi connectivity index (χ3v) is 4.33. The van der Waals surface area contributed by atoms with Gasteiger partial charge >= 0.3 is 6.18 Å². The van der Waals surface area contributed by atoms with E-state index in [2.05, 4.69) is 10.1 Å². The molecule has 1 amide bonds. The standard InChI is InChI=1S/C18H18F3NO3S/c19-18(20,21)12-25-11-14-5-3-13(4-6-14)10-22-17(24)8-7-15(23)16-2-1-9-26-16/h1-6,9H,7-8,10-12H2,(H,22,24). The molecule has 0 fully saturated rings. The van der Waals surface area contributed by atoms with Gasteiger partial charge in [-0.25, -0.2) is 0 Å². The monoisotopic (exact) mass is 385 g/mol. The summed E-state index contributed by atoms with van der Waals surface area (Å²) in [6, 6.07) is 10.2. The van der Waals surface area contributed by atoms with E-state index in [4.69, 9.17) is 0 Å². The molecule has 1 aromatic heterocycles. The van der Waals surface area contributed by atoms with Crippen molar-refractivity contribution in [2.24, 2.45) is 0 Å². The zero-order chi connectivity index (χ0) is 19.0. The number of carbonyl (C=O) groups is 2. The van der Waals surface area contributed by atoms with E-state index in [1.807, 2.05) is 5.38 Å². The van der Waals surface area contributed by atoms with Crippen LogP contribution in [0.25, 0.3) is 0 Å². The number of hydrogen-bond acceptors (Lipinski definition) is 4. The molecule has 8 heteroatoms. The fourth-order valence-electron chi connectivity index (χ4n) is 2.11. The molecule has 1 heterocycles. The van der Waals surface area contributed by atoms with Crippen LogP contribution >= 0.6 is 11.3 Å². The molecule has 2 aromatic rings. The first-order valence-electron chi connectivity index (χ1n) is 7.89. The van der Waals surface area contributed by atoms with Gasteiger partial charge in [0, 0.05) is 19.4 Å². The topological polar surface area (TPSA) is 55.4 Å². The van der Waals surface area contributed by atoms with Crippen LogP contribution in [-0.2, 0) is 22.7 Å². The van der Waals surface area contributed by atoms with Gasteiger partial charge in [-0.15, -0.1) is 11.3 Å². The third kappa shape index (κ3) is 7.37. The van der Waals surface area contributed by atoms with Gasteiger partial charge in [-0.1, -0.05) is 30.3 Å². The summed E-state index contributed by atoms with van der Waals surface area (Å²) in [5, 5.41) is 4.53. The molecule has 1 aromatic carbocycles. The van der Waals surface area contributed by atoms with Gasteiger partial charge in [0.25, 0.3) is 0 Å². The molecule has 0 bridgehead atoms. The van der Waals surface area contributed by atoms with Crippen LogP contribution in [0.15, 0.2) is 41.8 Å². The Labute approximate surface area is 153 Å². The summed E-state index contributed by atoms with van der Waals surface area (Å²) >= 11 is 1.35. The van der Waals surface area contributed by atoms with Gasteiger partial charge in [0.2, 0.25) is 5.91 Å². The molecule has 0 spiro atoms. The average Bonchev–Trinajstić information content (AvgIpc) is 3.12. The van der Waals surface area contributed by atoms with Crippen LogP contribution in [0.3, 0.4) is 0 Å². The van der Waals surface area contributed by atoms with Crippen LogP contribution in [0.5, 0.6) is 0 Å². The lowest BCUT2D eigenvalue weighted by Crippen LogP contribution is -2.23. The van der Waals surface area contributed by atoms with Crippen LogP contribution in [0.1, 0.15) is 33.6 Å². The number of ether oxygens (including phenoxy) is 1. The van der Waals surface area contributed by atoms with Gasteiger partial charge in [0.05, 0.1) is 11.5 Å². The highest BCUT2D eigenvalue weighted by molar-refractivity contribution is 7.12. The maximum absolute atomic E-state index is 12.0. The number of halogens is 3. The molecule has 0 saturated heterocycles. The minimum Gasteiger partial charge on any atom is -0.367 e. The quantitative estimate of drug-likeness (QED) is 0.661. The first-order chi connectivity index (χ1) is 12.3. The molecule has 0 saturated carbocycles. The van der Waals surface area contributed by atoms with Crippen LogP contribution in [0, 0.1) is 0 Å². The molecule has 0 unspecified atom stereocenters. The molecule has 2 rings (SSSR count). The van der Waals surface area contributed by atoms with Crippen molar-refractivity contribution in [3.05, 3.63) is 57.8 Å². The lowest BCUT2D eigenvalue weighted by molar-refractivity contribution is -0.176. The second kappa shape index (κ2) is 9.49. The second-order valence-corrected chi connectivity index (χ2v) is 6.55. The molecular weight excluding hydrogens is 367 g/mol. The van der Waals surface area contributed by atoms with Crippen LogP contribution in [-0.4, -0.2) is 24.5 Å². The van der Waals surface area contributed by atoms with Crippen LogP contribution < -0.4 is 5.32 Å². The minimum atomic E-state index is -4.34. The first kappa shape index (κ1) is 20.1. The SMILES string of the molecule is O=C(CCC(=O)c1cccs1)NCc1ccc(COCC(F)(F)F)cc1. The summed E-state index contributed by atoms with van der Waals surface area (Å²) in [7, 11) is 0. The first-order valence-corrected chi connectivity index (χ1v) is 8.77. The van der Waals surface area contributed by atoms with E-state index in [0.29, 0.717) is 10.4 Å². The molecule has 0 atom stereocenters. The number of thiophene rings is 1. The molecule has 0 radical (unpaired) electrons. The average molecular weight is 385 g/mol. The smallest absolute Gasteiger partial charge is 0.367 e. The molecule has 0 aliphatic heterocycles. The number of amides is 1. The summed E-state index contributed by atoms with van der Waals surface area (Å²) in [6.45, 7) is -1.12. The minimum absolute atomic E-state index is 0.0571. The highest BCUT2D eigenvalue weighted by Crippen LogP contribution is 2.16. The second-order valence-electron chi connectivity index (χ2n) is 5.60. The summed E-state index contributed by atoms with van der Waals surface area (Å²) in [5.74, 6) is -0.286. The van der Waals surface area contributed by atoms with Crippen molar-refractivity contribution in [3.8, 4) is 0 Å². The van der Waals surface area contributed by atoms with Crippen molar-refractivity contribution in [2.75, 3.05) is 6.61 Å². The van der Waals surface area contributed by atoms with E-state index < -0.39 is 12.8 Å². The highest BCUT2D eigenvalue weighted by atomic mass is 32.1. The van der Waals surface area contributed by atoms with E-state index in [0.717, 1.165) is 5.56 Å².